The molecule has 8 nitrogen and oxygen atoms in total. The molecule has 2 heterocycles. The average molecular weight is 470 g/mol. The minimum atomic E-state index is -3.52. The van der Waals surface area contributed by atoms with Gasteiger partial charge < -0.3 is 4.57 Å². The second kappa shape index (κ2) is 9.06. The number of hydrogen-bond donors (Lipinski definition) is 1. The maximum absolute atomic E-state index is 12.6. The lowest BCUT2D eigenvalue weighted by Gasteiger charge is -2.14. The Morgan fingerprint density at radius 3 is 2.62 bits per heavy atom. The van der Waals surface area contributed by atoms with Gasteiger partial charge in [0.05, 0.1) is 5.75 Å². The van der Waals surface area contributed by atoms with Crippen LogP contribution in [0, 0.1) is 39.0 Å². The standard InChI is InChI=1S/C22H23N5O3S2/c1-6-32(29,30)22-26-25-21(31-22)24-20(28)18(12-23)11-17-10-14(3)27(16(17)5)19-9-7-8-13(2)15(19)4/h7-11H,6H2,1-5H3,(H,24,25,28). The molecule has 1 aromatic carbocycles. The fourth-order valence-electron chi connectivity index (χ4n) is 3.26. The van der Waals surface area contributed by atoms with Gasteiger partial charge in [-0.2, -0.15) is 5.26 Å². The van der Waals surface area contributed by atoms with Crippen molar-refractivity contribution in [2.45, 2.75) is 39.0 Å². The summed E-state index contributed by atoms with van der Waals surface area (Å²) >= 11 is 0.754. The minimum Gasteiger partial charge on any atom is -0.318 e. The van der Waals surface area contributed by atoms with E-state index in [1.165, 1.54) is 18.6 Å². The zero-order valence-corrected chi connectivity index (χ0v) is 20.1. The molecule has 0 bridgehead atoms. The highest BCUT2D eigenvalue weighted by Crippen LogP contribution is 2.27. The van der Waals surface area contributed by atoms with Gasteiger partial charge in [-0.3, -0.25) is 10.1 Å². The fraction of sp³-hybridized carbons (Fsp3) is 0.273. The van der Waals surface area contributed by atoms with Crippen LogP contribution >= 0.6 is 11.3 Å². The SMILES string of the molecule is CCS(=O)(=O)c1nnc(NC(=O)C(C#N)=Cc2cc(C)n(-c3cccc(C)c3C)c2C)s1. The van der Waals surface area contributed by atoms with Crippen LogP contribution in [0.5, 0.6) is 0 Å². The maximum Gasteiger partial charge on any atom is 0.268 e. The third-order valence-electron chi connectivity index (χ3n) is 5.23. The Bertz CT molecular complexity index is 1370. The Kier molecular flexibility index (Phi) is 6.62. The topological polar surface area (TPSA) is 118 Å². The highest BCUT2D eigenvalue weighted by atomic mass is 32.2. The third-order valence-corrected chi connectivity index (χ3v) is 8.24. The van der Waals surface area contributed by atoms with Gasteiger partial charge in [-0.15, -0.1) is 10.2 Å². The van der Waals surface area contributed by atoms with E-state index < -0.39 is 15.7 Å². The first-order chi connectivity index (χ1) is 15.1. The molecule has 0 saturated heterocycles. The Balaban J connectivity index is 1.93. The van der Waals surface area contributed by atoms with Gasteiger partial charge >= 0.3 is 0 Å². The lowest BCUT2D eigenvalue weighted by Crippen LogP contribution is -2.13. The van der Waals surface area contributed by atoms with Crippen LogP contribution in [0.25, 0.3) is 11.8 Å². The first-order valence-corrected chi connectivity index (χ1v) is 12.3. The molecule has 0 saturated carbocycles. The molecular weight excluding hydrogens is 446 g/mol. The summed E-state index contributed by atoms with van der Waals surface area (Å²) in [5.74, 6) is -0.796. The molecule has 32 heavy (non-hydrogen) atoms. The van der Waals surface area contributed by atoms with Crippen LogP contribution in [0.15, 0.2) is 34.2 Å². The summed E-state index contributed by atoms with van der Waals surface area (Å²) in [5, 5.41) is 19.4. The molecule has 3 aromatic rings. The van der Waals surface area contributed by atoms with Crippen LogP contribution in [-0.2, 0) is 14.6 Å². The van der Waals surface area contributed by atoms with Gasteiger partial charge in [0.25, 0.3) is 5.91 Å². The van der Waals surface area contributed by atoms with E-state index in [1.54, 1.807) is 0 Å². The van der Waals surface area contributed by atoms with Crippen molar-refractivity contribution in [1.29, 1.82) is 5.26 Å². The van der Waals surface area contributed by atoms with Crippen molar-refractivity contribution in [1.82, 2.24) is 14.8 Å². The molecule has 0 aliphatic rings. The quantitative estimate of drug-likeness (QED) is 0.332. The number of hydrogen-bond acceptors (Lipinski definition) is 7. The molecule has 1 N–H and O–H groups in total. The summed E-state index contributed by atoms with van der Waals surface area (Å²) in [6.45, 7) is 9.51. The Hall–Kier alpha value is -3.29. The van der Waals surface area contributed by atoms with Crippen molar-refractivity contribution < 1.29 is 13.2 Å². The van der Waals surface area contributed by atoms with E-state index in [-0.39, 0.29) is 20.8 Å². The predicted molar refractivity (Wildman–Crippen MR) is 125 cm³/mol. The third kappa shape index (κ3) is 4.49. The first kappa shape index (κ1) is 23.4. The van der Waals surface area contributed by atoms with E-state index in [1.807, 2.05) is 38.1 Å². The van der Waals surface area contributed by atoms with Crippen molar-refractivity contribution in [3.05, 3.63) is 57.9 Å². The maximum atomic E-state index is 12.6. The first-order valence-electron chi connectivity index (χ1n) is 9.84. The molecule has 2 aromatic heterocycles. The molecule has 166 valence electrons. The average Bonchev–Trinajstić information content (AvgIpc) is 3.33. The summed E-state index contributed by atoms with van der Waals surface area (Å²) in [5.41, 5.74) is 5.84. The second-order valence-electron chi connectivity index (χ2n) is 7.28. The number of anilines is 1. The van der Waals surface area contributed by atoms with Gasteiger partial charge in [-0.1, -0.05) is 30.4 Å². The number of nitriles is 1. The smallest absolute Gasteiger partial charge is 0.268 e. The van der Waals surface area contributed by atoms with Gasteiger partial charge in [-0.25, -0.2) is 8.42 Å². The molecule has 0 radical (unpaired) electrons. The van der Waals surface area contributed by atoms with E-state index >= 15 is 0 Å². The van der Waals surface area contributed by atoms with Crippen molar-refractivity contribution in [3.63, 3.8) is 0 Å². The number of carbonyl (C=O) groups excluding carboxylic acids is 1. The monoisotopic (exact) mass is 469 g/mol. The fourth-order valence-corrected chi connectivity index (χ4v) is 5.24. The number of aryl methyl sites for hydroxylation is 2. The molecule has 0 aliphatic heterocycles. The summed E-state index contributed by atoms with van der Waals surface area (Å²) < 4.78 is 25.7. The lowest BCUT2D eigenvalue weighted by atomic mass is 10.1. The van der Waals surface area contributed by atoms with Crippen molar-refractivity contribution in [2.75, 3.05) is 11.1 Å². The van der Waals surface area contributed by atoms with Gasteiger partial charge in [0.2, 0.25) is 19.3 Å². The van der Waals surface area contributed by atoms with Crippen molar-refractivity contribution >= 4 is 38.3 Å². The summed E-state index contributed by atoms with van der Waals surface area (Å²) in [6, 6.07) is 9.91. The number of amides is 1. The zero-order valence-electron chi connectivity index (χ0n) is 18.4. The minimum absolute atomic E-state index is 0.0176. The molecule has 0 aliphatic carbocycles. The highest BCUT2D eigenvalue weighted by Gasteiger charge is 2.20. The predicted octanol–water partition coefficient (Wildman–Crippen LogP) is 3.90. The van der Waals surface area contributed by atoms with Crippen molar-refractivity contribution in [2.24, 2.45) is 0 Å². The molecule has 0 unspecified atom stereocenters. The van der Waals surface area contributed by atoms with Crippen LogP contribution in [0.3, 0.4) is 0 Å². The normalized spacial score (nSPS) is 11.9. The number of sulfone groups is 1. The number of nitrogens with one attached hydrogen (secondary N) is 1. The van der Waals surface area contributed by atoms with Crippen LogP contribution in [-0.4, -0.2) is 34.8 Å². The Morgan fingerprint density at radius 2 is 1.97 bits per heavy atom. The second-order valence-corrected chi connectivity index (χ2v) is 10.7. The van der Waals surface area contributed by atoms with E-state index in [0.717, 1.165) is 39.5 Å². The molecule has 1 amide bonds. The number of carbonyl (C=O) groups is 1. The lowest BCUT2D eigenvalue weighted by molar-refractivity contribution is -0.112. The van der Waals surface area contributed by atoms with E-state index in [9.17, 15) is 18.5 Å². The highest BCUT2D eigenvalue weighted by molar-refractivity contribution is 7.93. The molecule has 0 atom stereocenters. The van der Waals surface area contributed by atoms with Gasteiger partial charge in [0.15, 0.2) is 0 Å². The van der Waals surface area contributed by atoms with Crippen LogP contribution in [0.4, 0.5) is 5.13 Å². The van der Waals surface area contributed by atoms with Crippen LogP contribution < -0.4 is 5.32 Å². The number of nitrogens with zero attached hydrogens (tertiary/aromatic N) is 4. The van der Waals surface area contributed by atoms with Crippen LogP contribution in [0.1, 0.15) is 35.0 Å². The number of benzene rings is 1. The molecule has 10 heteroatoms. The van der Waals surface area contributed by atoms with E-state index in [0.29, 0.717) is 0 Å². The van der Waals surface area contributed by atoms with E-state index in [2.05, 4.69) is 40.0 Å². The summed E-state index contributed by atoms with van der Waals surface area (Å²) in [4.78, 5) is 12.6. The molecule has 3 rings (SSSR count). The molecular formula is C22H23N5O3S2. The summed E-state index contributed by atoms with van der Waals surface area (Å²) in [6.07, 6.45) is 1.52. The Labute approximate surface area is 191 Å². The molecule has 0 spiro atoms. The molecule has 0 fully saturated rings. The van der Waals surface area contributed by atoms with E-state index in [4.69, 9.17) is 0 Å². The van der Waals surface area contributed by atoms with Gasteiger partial charge in [0.1, 0.15) is 11.6 Å². The van der Waals surface area contributed by atoms with Crippen LogP contribution in [0.2, 0.25) is 0 Å². The number of rotatable bonds is 6. The number of aromatic nitrogens is 3. The van der Waals surface area contributed by atoms with Gasteiger partial charge in [0, 0.05) is 17.1 Å². The van der Waals surface area contributed by atoms with Crippen molar-refractivity contribution in [3.8, 4) is 11.8 Å². The largest absolute Gasteiger partial charge is 0.318 e. The zero-order chi connectivity index (χ0) is 23.6. The van der Waals surface area contributed by atoms with Gasteiger partial charge in [-0.05, 0) is 62.6 Å². The Morgan fingerprint density at radius 1 is 1.25 bits per heavy atom. The summed E-state index contributed by atoms with van der Waals surface area (Å²) in [7, 11) is -3.52.